The Labute approximate surface area is 143 Å². The van der Waals surface area contributed by atoms with Crippen LogP contribution in [0.25, 0.3) is 0 Å². The van der Waals surface area contributed by atoms with Crippen LogP contribution in [-0.4, -0.2) is 62.2 Å². The fourth-order valence-corrected chi connectivity index (χ4v) is 2.81. The lowest BCUT2D eigenvalue weighted by Crippen LogP contribution is -2.50. The van der Waals surface area contributed by atoms with Crippen molar-refractivity contribution in [2.24, 2.45) is 0 Å². The summed E-state index contributed by atoms with van der Waals surface area (Å²) in [6.45, 7) is 6.31. The Morgan fingerprint density at radius 1 is 1.08 bits per heavy atom. The maximum absolute atomic E-state index is 12.5. The highest BCUT2D eigenvalue weighted by molar-refractivity contribution is 5.80. The summed E-state index contributed by atoms with van der Waals surface area (Å²) in [6, 6.07) is 6.02. The Morgan fingerprint density at radius 2 is 1.71 bits per heavy atom. The number of benzene rings is 1. The number of amides is 2. The Morgan fingerprint density at radius 3 is 2.25 bits per heavy atom. The Hall–Kier alpha value is -2.24. The molecule has 1 aliphatic rings. The van der Waals surface area contributed by atoms with Gasteiger partial charge in [0.2, 0.25) is 5.91 Å². The van der Waals surface area contributed by atoms with Gasteiger partial charge in [-0.05, 0) is 17.5 Å². The van der Waals surface area contributed by atoms with Gasteiger partial charge in [-0.1, -0.05) is 26.0 Å². The van der Waals surface area contributed by atoms with Gasteiger partial charge in [0.05, 0.1) is 20.6 Å². The SMILES string of the molecule is COC(=O)N1CCN(C(=O)Cc2ccc(C(C)C)cc2OC)CC1. The van der Waals surface area contributed by atoms with Crippen LogP contribution in [0.15, 0.2) is 18.2 Å². The number of methoxy groups -OCH3 is 2. The van der Waals surface area contributed by atoms with E-state index in [1.807, 2.05) is 18.2 Å². The fraction of sp³-hybridized carbons (Fsp3) is 0.556. The van der Waals surface area contributed by atoms with Crippen LogP contribution in [0.2, 0.25) is 0 Å². The largest absolute Gasteiger partial charge is 0.496 e. The monoisotopic (exact) mass is 334 g/mol. The second-order valence-electron chi connectivity index (χ2n) is 6.24. The number of rotatable bonds is 4. The van der Waals surface area contributed by atoms with Crippen LogP contribution in [0.4, 0.5) is 4.79 Å². The van der Waals surface area contributed by atoms with Crippen molar-refractivity contribution >= 4 is 12.0 Å². The third-order valence-electron chi connectivity index (χ3n) is 4.38. The summed E-state index contributed by atoms with van der Waals surface area (Å²) in [5, 5.41) is 0. The van der Waals surface area contributed by atoms with Gasteiger partial charge in [0.25, 0.3) is 0 Å². The highest BCUT2D eigenvalue weighted by Gasteiger charge is 2.25. The first kappa shape index (κ1) is 18.1. The van der Waals surface area contributed by atoms with Gasteiger partial charge < -0.3 is 19.3 Å². The maximum atomic E-state index is 12.5. The van der Waals surface area contributed by atoms with Gasteiger partial charge in [0, 0.05) is 31.7 Å². The molecule has 6 heteroatoms. The zero-order valence-corrected chi connectivity index (χ0v) is 14.9. The molecular formula is C18H26N2O4. The number of hydrogen-bond acceptors (Lipinski definition) is 4. The molecule has 6 nitrogen and oxygen atoms in total. The van der Waals surface area contributed by atoms with E-state index in [0.29, 0.717) is 38.5 Å². The van der Waals surface area contributed by atoms with E-state index in [0.717, 1.165) is 11.3 Å². The van der Waals surface area contributed by atoms with Crippen LogP contribution < -0.4 is 4.74 Å². The van der Waals surface area contributed by atoms with Crippen molar-refractivity contribution in [3.63, 3.8) is 0 Å². The summed E-state index contributed by atoms with van der Waals surface area (Å²) in [5.41, 5.74) is 2.08. The molecule has 0 atom stereocenters. The molecule has 2 rings (SSSR count). The van der Waals surface area contributed by atoms with Crippen LogP contribution in [0.1, 0.15) is 30.9 Å². The van der Waals surface area contributed by atoms with Crippen LogP contribution >= 0.6 is 0 Å². The minimum atomic E-state index is -0.340. The highest BCUT2D eigenvalue weighted by Crippen LogP contribution is 2.25. The lowest BCUT2D eigenvalue weighted by atomic mass is 9.99. The van der Waals surface area contributed by atoms with Crippen molar-refractivity contribution in [2.45, 2.75) is 26.2 Å². The molecule has 0 radical (unpaired) electrons. The first-order valence-corrected chi connectivity index (χ1v) is 8.23. The molecule has 0 bridgehead atoms. The quantitative estimate of drug-likeness (QED) is 0.847. The van der Waals surface area contributed by atoms with Crippen molar-refractivity contribution in [1.29, 1.82) is 0 Å². The van der Waals surface area contributed by atoms with Gasteiger partial charge >= 0.3 is 6.09 Å². The summed E-state index contributed by atoms with van der Waals surface area (Å²) in [5.74, 6) is 1.22. The third kappa shape index (κ3) is 4.19. The van der Waals surface area contributed by atoms with Crippen molar-refractivity contribution in [3.8, 4) is 5.75 Å². The average molecular weight is 334 g/mol. The topological polar surface area (TPSA) is 59.1 Å². The van der Waals surface area contributed by atoms with Gasteiger partial charge in [0.1, 0.15) is 5.75 Å². The van der Waals surface area contributed by atoms with Crippen molar-refractivity contribution in [2.75, 3.05) is 40.4 Å². The van der Waals surface area contributed by atoms with Crippen LogP contribution in [0, 0.1) is 0 Å². The first-order chi connectivity index (χ1) is 11.5. The van der Waals surface area contributed by atoms with E-state index in [9.17, 15) is 9.59 Å². The smallest absolute Gasteiger partial charge is 0.409 e. The molecule has 0 aliphatic carbocycles. The number of hydrogen-bond donors (Lipinski definition) is 0. The van der Waals surface area contributed by atoms with Gasteiger partial charge in [-0.25, -0.2) is 4.79 Å². The second-order valence-corrected chi connectivity index (χ2v) is 6.24. The molecule has 1 aliphatic heterocycles. The molecule has 2 amide bonds. The molecule has 0 aromatic heterocycles. The summed E-state index contributed by atoms with van der Waals surface area (Å²) in [6.07, 6.45) is -0.0344. The van der Waals surface area contributed by atoms with E-state index < -0.39 is 0 Å². The Balaban J connectivity index is 1.99. The van der Waals surface area contributed by atoms with Crippen LogP contribution in [0.3, 0.4) is 0 Å². The normalized spacial score (nSPS) is 14.7. The summed E-state index contributed by atoms with van der Waals surface area (Å²) in [7, 11) is 3.00. The molecule has 1 aromatic carbocycles. The molecule has 1 heterocycles. The zero-order chi connectivity index (χ0) is 17.7. The lowest BCUT2D eigenvalue weighted by molar-refractivity contribution is -0.132. The molecule has 1 saturated heterocycles. The number of carbonyl (C=O) groups is 2. The van der Waals surface area contributed by atoms with Gasteiger partial charge in [-0.3, -0.25) is 4.79 Å². The van der Waals surface area contributed by atoms with E-state index in [-0.39, 0.29) is 12.0 Å². The molecule has 1 aromatic rings. The lowest BCUT2D eigenvalue weighted by Gasteiger charge is -2.34. The summed E-state index contributed by atoms with van der Waals surface area (Å²) < 4.78 is 10.2. The third-order valence-corrected chi connectivity index (χ3v) is 4.38. The van der Waals surface area contributed by atoms with E-state index in [2.05, 4.69) is 13.8 Å². The average Bonchev–Trinajstić information content (AvgIpc) is 2.61. The van der Waals surface area contributed by atoms with Crippen molar-refractivity contribution in [3.05, 3.63) is 29.3 Å². The zero-order valence-electron chi connectivity index (χ0n) is 14.9. The molecule has 1 fully saturated rings. The van der Waals surface area contributed by atoms with E-state index in [1.165, 1.54) is 12.7 Å². The van der Waals surface area contributed by atoms with E-state index in [1.54, 1.807) is 16.9 Å². The number of piperazine rings is 1. The van der Waals surface area contributed by atoms with Crippen molar-refractivity contribution in [1.82, 2.24) is 9.80 Å². The predicted octanol–water partition coefficient (Wildman–Crippen LogP) is 2.27. The van der Waals surface area contributed by atoms with Crippen LogP contribution in [-0.2, 0) is 16.0 Å². The predicted molar refractivity (Wildman–Crippen MR) is 91.3 cm³/mol. The van der Waals surface area contributed by atoms with E-state index >= 15 is 0 Å². The standard InChI is InChI=1S/C18H26N2O4/c1-13(2)14-5-6-15(16(11-14)23-3)12-17(21)19-7-9-20(10-8-19)18(22)24-4/h5-6,11,13H,7-10,12H2,1-4H3. The first-order valence-electron chi connectivity index (χ1n) is 8.23. The Bertz CT molecular complexity index is 593. The summed E-state index contributed by atoms with van der Waals surface area (Å²) >= 11 is 0. The van der Waals surface area contributed by atoms with Gasteiger partial charge in [-0.2, -0.15) is 0 Å². The molecule has 132 valence electrons. The maximum Gasteiger partial charge on any atom is 0.409 e. The molecule has 0 saturated carbocycles. The number of ether oxygens (including phenoxy) is 2. The van der Waals surface area contributed by atoms with Crippen molar-refractivity contribution < 1.29 is 19.1 Å². The van der Waals surface area contributed by atoms with Gasteiger partial charge in [-0.15, -0.1) is 0 Å². The number of nitrogens with zero attached hydrogens (tertiary/aromatic N) is 2. The highest BCUT2D eigenvalue weighted by atomic mass is 16.5. The molecule has 24 heavy (non-hydrogen) atoms. The molecule has 0 spiro atoms. The van der Waals surface area contributed by atoms with Gasteiger partial charge in [0.15, 0.2) is 0 Å². The molecular weight excluding hydrogens is 308 g/mol. The molecule has 0 unspecified atom stereocenters. The Kier molecular flexibility index (Phi) is 6.06. The van der Waals surface area contributed by atoms with Crippen LogP contribution in [0.5, 0.6) is 5.75 Å². The minimum absolute atomic E-state index is 0.0510. The second kappa shape index (κ2) is 8.04. The summed E-state index contributed by atoms with van der Waals surface area (Å²) in [4.78, 5) is 27.4. The van der Waals surface area contributed by atoms with E-state index in [4.69, 9.17) is 9.47 Å². The number of carbonyl (C=O) groups excluding carboxylic acids is 2. The minimum Gasteiger partial charge on any atom is -0.496 e. The fourth-order valence-electron chi connectivity index (χ4n) is 2.81. The molecule has 0 N–H and O–H groups in total.